The van der Waals surface area contributed by atoms with Crippen LogP contribution in [0.4, 0.5) is 8.78 Å². The van der Waals surface area contributed by atoms with Crippen LogP contribution in [-0.2, 0) is 30.1 Å². The number of aromatic nitrogens is 1. The van der Waals surface area contributed by atoms with Gasteiger partial charge in [0.1, 0.15) is 10.8 Å². The maximum Gasteiger partial charge on any atom is 0.341 e. The summed E-state index contributed by atoms with van der Waals surface area (Å²) in [5, 5.41) is 9.61. The normalized spacial score (nSPS) is 14.6. The summed E-state index contributed by atoms with van der Waals surface area (Å²) < 4.78 is 32.2. The first-order chi connectivity index (χ1) is 15.3. The molecule has 2 heterocycles. The third-order valence-electron chi connectivity index (χ3n) is 5.51. The molecule has 4 rings (SSSR count). The van der Waals surface area contributed by atoms with E-state index in [1.165, 1.54) is 23.3 Å². The average Bonchev–Trinajstić information content (AvgIpc) is 3.13. The summed E-state index contributed by atoms with van der Waals surface area (Å²) in [6.45, 7) is 3.12. The highest BCUT2D eigenvalue weighted by Crippen LogP contribution is 2.31. The molecule has 1 N–H and O–H groups in total. The minimum Gasteiger partial charge on any atom is -0.482 e. The fourth-order valence-electron chi connectivity index (χ4n) is 3.78. The van der Waals surface area contributed by atoms with Crippen molar-refractivity contribution >= 4 is 17.3 Å². The van der Waals surface area contributed by atoms with Gasteiger partial charge in [-0.2, -0.15) is 0 Å². The molecule has 0 saturated carbocycles. The molecule has 0 bridgehead atoms. The molecule has 3 aromatic rings. The highest BCUT2D eigenvalue weighted by molar-refractivity contribution is 7.15. The van der Waals surface area contributed by atoms with E-state index in [4.69, 9.17) is 9.84 Å². The Labute approximate surface area is 189 Å². The van der Waals surface area contributed by atoms with Crippen molar-refractivity contribution in [1.29, 1.82) is 0 Å². The number of carbonyl (C=O) groups is 1. The topological polar surface area (TPSA) is 62.7 Å². The molecule has 32 heavy (non-hydrogen) atoms. The molecule has 5 nitrogen and oxygen atoms in total. The zero-order valence-electron chi connectivity index (χ0n) is 17.7. The Morgan fingerprint density at radius 2 is 1.88 bits per heavy atom. The highest BCUT2D eigenvalue weighted by Gasteiger charge is 2.24. The number of carboxylic acid groups (broad SMARTS) is 1. The summed E-state index contributed by atoms with van der Waals surface area (Å²) in [6.07, 6.45) is 3.63. The van der Waals surface area contributed by atoms with Gasteiger partial charge < -0.3 is 9.84 Å². The Morgan fingerprint density at radius 1 is 1.16 bits per heavy atom. The van der Waals surface area contributed by atoms with E-state index in [0.29, 0.717) is 5.75 Å². The number of benzene rings is 2. The summed E-state index contributed by atoms with van der Waals surface area (Å²) in [6, 6.07) is 12.1. The Morgan fingerprint density at radius 3 is 2.56 bits per heavy atom. The fraction of sp³-hybridized carbons (Fsp3) is 0.333. The number of halogens is 2. The number of fused-ring (bicyclic) bond motifs is 1. The van der Waals surface area contributed by atoms with Crippen LogP contribution in [0.5, 0.6) is 5.75 Å². The maximum atomic E-state index is 13.4. The predicted octanol–water partition coefficient (Wildman–Crippen LogP) is 4.99. The van der Waals surface area contributed by atoms with Gasteiger partial charge in [-0.15, -0.1) is 11.3 Å². The van der Waals surface area contributed by atoms with Gasteiger partial charge in [-0.1, -0.05) is 30.3 Å². The Bertz CT molecular complexity index is 1090. The number of rotatable bonds is 7. The van der Waals surface area contributed by atoms with Crippen LogP contribution in [0.1, 0.15) is 28.5 Å². The van der Waals surface area contributed by atoms with E-state index < -0.39 is 11.9 Å². The first kappa shape index (κ1) is 22.4. The van der Waals surface area contributed by atoms with Crippen LogP contribution in [0.15, 0.2) is 48.7 Å². The zero-order valence-corrected chi connectivity index (χ0v) is 18.5. The molecule has 2 aromatic carbocycles. The van der Waals surface area contributed by atoms with E-state index in [0.717, 1.165) is 54.8 Å². The molecule has 0 atom stereocenters. The lowest BCUT2D eigenvalue weighted by Gasteiger charge is -2.18. The van der Waals surface area contributed by atoms with Gasteiger partial charge in [0.05, 0.1) is 0 Å². The van der Waals surface area contributed by atoms with Gasteiger partial charge in [0.15, 0.2) is 6.61 Å². The molecule has 0 aliphatic carbocycles. The third kappa shape index (κ3) is 5.49. The molecule has 1 aromatic heterocycles. The summed E-state index contributed by atoms with van der Waals surface area (Å²) in [5.41, 5.74) is 3.28. The van der Waals surface area contributed by atoms with Crippen molar-refractivity contribution in [3.8, 4) is 16.3 Å². The number of aliphatic carboxylic acids is 1. The van der Waals surface area contributed by atoms with Crippen molar-refractivity contribution in [2.24, 2.45) is 0 Å². The molecule has 8 heteroatoms. The second-order valence-electron chi connectivity index (χ2n) is 7.99. The second-order valence-corrected chi connectivity index (χ2v) is 9.10. The van der Waals surface area contributed by atoms with Crippen LogP contribution >= 0.6 is 11.3 Å². The van der Waals surface area contributed by atoms with Gasteiger partial charge in [0, 0.05) is 48.8 Å². The molecule has 1 aliphatic heterocycles. The van der Waals surface area contributed by atoms with Crippen LogP contribution in [0.2, 0.25) is 0 Å². The van der Waals surface area contributed by atoms with Gasteiger partial charge in [-0.05, 0) is 36.1 Å². The minimum atomic E-state index is -2.85. The summed E-state index contributed by atoms with van der Waals surface area (Å²) in [5.74, 6) is -3.26. The minimum absolute atomic E-state index is 0.00122. The van der Waals surface area contributed by atoms with E-state index in [9.17, 15) is 13.6 Å². The Balaban J connectivity index is 1.38. The number of alkyl halides is 2. The van der Waals surface area contributed by atoms with Crippen LogP contribution in [0.3, 0.4) is 0 Å². The molecular weight excluding hydrogens is 434 g/mol. The predicted molar refractivity (Wildman–Crippen MR) is 119 cm³/mol. The SMILES string of the molecule is CC(F)(F)c1ccc(-c2ncc(CN3CCc4ccc(OCC(=O)O)cc4CC3)s2)cc1. The van der Waals surface area contributed by atoms with E-state index in [2.05, 4.69) is 9.88 Å². The average molecular weight is 459 g/mol. The van der Waals surface area contributed by atoms with E-state index in [1.54, 1.807) is 23.5 Å². The van der Waals surface area contributed by atoms with E-state index in [-0.39, 0.29) is 12.2 Å². The second kappa shape index (κ2) is 9.34. The summed E-state index contributed by atoms with van der Waals surface area (Å²) in [7, 11) is 0. The van der Waals surface area contributed by atoms with Crippen LogP contribution < -0.4 is 4.74 Å². The lowest BCUT2D eigenvalue weighted by Crippen LogP contribution is -2.25. The summed E-state index contributed by atoms with van der Waals surface area (Å²) in [4.78, 5) is 18.7. The van der Waals surface area contributed by atoms with Crippen molar-refractivity contribution in [2.75, 3.05) is 19.7 Å². The zero-order chi connectivity index (χ0) is 22.7. The number of carboxylic acids is 1. The highest BCUT2D eigenvalue weighted by atomic mass is 32.1. The molecule has 0 fully saturated rings. The number of nitrogens with zero attached hydrogens (tertiary/aromatic N) is 2. The van der Waals surface area contributed by atoms with Crippen molar-refractivity contribution in [3.05, 3.63) is 70.2 Å². The van der Waals surface area contributed by atoms with E-state index in [1.807, 2.05) is 24.4 Å². The lowest BCUT2D eigenvalue weighted by molar-refractivity contribution is -0.139. The molecular formula is C24H24F2N2O3S. The lowest BCUT2D eigenvalue weighted by atomic mass is 10.0. The van der Waals surface area contributed by atoms with Crippen molar-refractivity contribution < 1.29 is 23.4 Å². The largest absolute Gasteiger partial charge is 0.482 e. The number of ether oxygens (including phenoxy) is 1. The standard InChI is InChI=1S/C24H24F2N2O3S/c1-24(25,26)19-5-2-17(3-6-19)23-27-13-21(32-23)14-28-10-8-16-4-7-20(31-15-22(29)30)12-18(16)9-11-28/h2-7,12-13H,8-11,14-15H2,1H3,(H,29,30). The monoisotopic (exact) mass is 458 g/mol. The smallest absolute Gasteiger partial charge is 0.341 e. The summed E-state index contributed by atoms with van der Waals surface area (Å²) >= 11 is 1.58. The van der Waals surface area contributed by atoms with Gasteiger partial charge in [-0.3, -0.25) is 4.90 Å². The number of hydrogen-bond acceptors (Lipinski definition) is 5. The Hall–Kier alpha value is -2.84. The first-order valence-electron chi connectivity index (χ1n) is 10.4. The van der Waals surface area contributed by atoms with Crippen LogP contribution in [-0.4, -0.2) is 40.7 Å². The molecule has 0 radical (unpaired) electrons. The maximum absolute atomic E-state index is 13.4. The van der Waals surface area contributed by atoms with Gasteiger partial charge in [0.2, 0.25) is 0 Å². The van der Waals surface area contributed by atoms with E-state index >= 15 is 0 Å². The third-order valence-corrected chi connectivity index (χ3v) is 6.54. The number of thiazole rings is 1. The van der Waals surface area contributed by atoms with Gasteiger partial charge in [-0.25, -0.2) is 18.6 Å². The molecule has 0 saturated heterocycles. The molecule has 0 spiro atoms. The van der Waals surface area contributed by atoms with Crippen LogP contribution in [0, 0.1) is 0 Å². The van der Waals surface area contributed by atoms with Crippen LogP contribution in [0.25, 0.3) is 10.6 Å². The van der Waals surface area contributed by atoms with Crippen molar-refractivity contribution in [2.45, 2.75) is 32.2 Å². The molecule has 168 valence electrons. The van der Waals surface area contributed by atoms with Crippen molar-refractivity contribution in [1.82, 2.24) is 9.88 Å². The van der Waals surface area contributed by atoms with Gasteiger partial charge >= 0.3 is 5.97 Å². The molecule has 1 aliphatic rings. The van der Waals surface area contributed by atoms with Gasteiger partial charge in [0.25, 0.3) is 5.92 Å². The number of hydrogen-bond donors (Lipinski definition) is 1. The quantitative estimate of drug-likeness (QED) is 0.541. The molecule has 0 amide bonds. The Kier molecular flexibility index (Phi) is 6.53. The molecule has 0 unspecified atom stereocenters. The first-order valence-corrected chi connectivity index (χ1v) is 11.2. The fourth-order valence-corrected chi connectivity index (χ4v) is 4.74. The van der Waals surface area contributed by atoms with Crippen molar-refractivity contribution in [3.63, 3.8) is 0 Å².